The number of rotatable bonds is 2. The first-order valence-corrected chi connectivity index (χ1v) is 8.71. The Balaban J connectivity index is 2.35. The van der Waals surface area contributed by atoms with Gasteiger partial charge in [0.15, 0.2) is 0 Å². The first-order chi connectivity index (χ1) is 9.89. The van der Waals surface area contributed by atoms with E-state index in [4.69, 9.17) is 0 Å². The molecule has 0 unspecified atom stereocenters. The zero-order chi connectivity index (χ0) is 15.5. The van der Waals surface area contributed by atoms with E-state index in [0.717, 1.165) is 24.0 Å². The van der Waals surface area contributed by atoms with Crippen molar-refractivity contribution in [3.05, 3.63) is 53.1 Å². The number of allylic oxidation sites excluding steroid dienone is 2. The number of benzene rings is 1. The van der Waals surface area contributed by atoms with E-state index in [9.17, 15) is 8.42 Å². The maximum absolute atomic E-state index is 12.8. The maximum atomic E-state index is 12.8. The van der Waals surface area contributed by atoms with Gasteiger partial charge in [-0.05, 0) is 45.7 Å². The number of hydrogen-bond acceptors (Lipinski definition) is 2. The van der Waals surface area contributed by atoms with Gasteiger partial charge in [0.05, 0.1) is 4.90 Å². The van der Waals surface area contributed by atoms with Crippen molar-refractivity contribution in [2.24, 2.45) is 0 Å². The Kier molecular flexibility index (Phi) is 5.01. The van der Waals surface area contributed by atoms with Crippen molar-refractivity contribution in [2.75, 3.05) is 13.1 Å². The summed E-state index contributed by atoms with van der Waals surface area (Å²) in [4.78, 5) is 0.367. The standard InChI is InChI=1S/C17H23NO2S/c1-14-5-4-6-16(3)13-18(12-11-14)21(19,20)17-9-7-15(2)8-10-17/h6-11H,4-5,12-13H2,1-3H3/b14-11-,16-6+. The average molecular weight is 305 g/mol. The lowest BCUT2D eigenvalue weighted by atomic mass is 10.1. The summed E-state index contributed by atoms with van der Waals surface area (Å²) < 4.78 is 27.1. The maximum Gasteiger partial charge on any atom is 0.243 e. The molecule has 0 saturated carbocycles. The number of aryl methyl sites for hydroxylation is 1. The second-order valence-corrected chi connectivity index (χ2v) is 7.69. The van der Waals surface area contributed by atoms with Gasteiger partial charge in [-0.2, -0.15) is 4.31 Å². The normalized spacial score (nSPS) is 23.2. The Hall–Kier alpha value is -1.39. The van der Waals surface area contributed by atoms with Crippen LogP contribution in [0.3, 0.4) is 0 Å². The second-order valence-electron chi connectivity index (χ2n) is 5.75. The van der Waals surface area contributed by atoms with Crippen molar-refractivity contribution < 1.29 is 8.42 Å². The van der Waals surface area contributed by atoms with Gasteiger partial charge in [-0.1, -0.05) is 41.0 Å². The predicted molar refractivity (Wildman–Crippen MR) is 86.7 cm³/mol. The van der Waals surface area contributed by atoms with Gasteiger partial charge in [0.25, 0.3) is 0 Å². The molecule has 2 rings (SSSR count). The molecule has 0 radical (unpaired) electrons. The van der Waals surface area contributed by atoms with E-state index in [2.05, 4.69) is 13.0 Å². The molecular weight excluding hydrogens is 282 g/mol. The zero-order valence-corrected chi connectivity index (χ0v) is 13.8. The predicted octanol–water partition coefficient (Wildman–Crippen LogP) is 3.67. The molecule has 4 heteroatoms. The van der Waals surface area contributed by atoms with Crippen LogP contribution in [0.4, 0.5) is 0 Å². The van der Waals surface area contributed by atoms with Crippen LogP contribution in [0.25, 0.3) is 0 Å². The minimum absolute atomic E-state index is 0.367. The minimum Gasteiger partial charge on any atom is -0.207 e. The summed E-state index contributed by atoms with van der Waals surface area (Å²) in [5.74, 6) is 0. The first-order valence-electron chi connectivity index (χ1n) is 7.27. The van der Waals surface area contributed by atoms with Crippen LogP contribution in [0.5, 0.6) is 0 Å². The van der Waals surface area contributed by atoms with Gasteiger partial charge in [0.2, 0.25) is 10.0 Å². The summed E-state index contributed by atoms with van der Waals surface area (Å²) in [6, 6.07) is 7.06. The zero-order valence-electron chi connectivity index (χ0n) is 13.0. The van der Waals surface area contributed by atoms with Crippen molar-refractivity contribution >= 4 is 10.0 Å². The van der Waals surface area contributed by atoms with Crippen molar-refractivity contribution in [3.63, 3.8) is 0 Å². The molecule has 114 valence electrons. The van der Waals surface area contributed by atoms with E-state index < -0.39 is 10.0 Å². The lowest BCUT2D eigenvalue weighted by Gasteiger charge is -2.21. The summed E-state index contributed by atoms with van der Waals surface area (Å²) in [6.45, 7) is 6.91. The molecule has 0 aliphatic carbocycles. The molecule has 0 N–H and O–H groups in total. The fourth-order valence-corrected chi connectivity index (χ4v) is 3.78. The van der Waals surface area contributed by atoms with Crippen molar-refractivity contribution in [1.29, 1.82) is 0 Å². The van der Waals surface area contributed by atoms with Gasteiger partial charge in [-0.3, -0.25) is 0 Å². The summed E-state index contributed by atoms with van der Waals surface area (Å²) in [5, 5.41) is 0. The third-order valence-corrected chi connectivity index (χ3v) is 5.59. The number of nitrogens with zero attached hydrogens (tertiary/aromatic N) is 1. The van der Waals surface area contributed by atoms with E-state index >= 15 is 0 Å². The smallest absolute Gasteiger partial charge is 0.207 e. The van der Waals surface area contributed by atoms with Crippen LogP contribution in [0.2, 0.25) is 0 Å². The van der Waals surface area contributed by atoms with E-state index in [0.29, 0.717) is 18.0 Å². The van der Waals surface area contributed by atoms with Gasteiger partial charge in [0, 0.05) is 13.1 Å². The molecule has 3 nitrogen and oxygen atoms in total. The Labute approximate surface area is 128 Å². The SMILES string of the molecule is C/C1=C/CN(S(=O)(=O)c2ccc(C)cc2)C/C(C)=C/CC1. The van der Waals surface area contributed by atoms with Crippen LogP contribution in [0, 0.1) is 6.92 Å². The molecule has 1 heterocycles. The summed E-state index contributed by atoms with van der Waals surface area (Å²) in [5.41, 5.74) is 3.41. The molecule has 0 saturated heterocycles. The van der Waals surface area contributed by atoms with Crippen LogP contribution >= 0.6 is 0 Å². The molecule has 1 aliphatic heterocycles. The molecule has 0 fully saturated rings. The quantitative estimate of drug-likeness (QED) is 0.782. The molecule has 21 heavy (non-hydrogen) atoms. The van der Waals surface area contributed by atoms with E-state index in [-0.39, 0.29) is 0 Å². The Bertz CT molecular complexity index is 655. The lowest BCUT2D eigenvalue weighted by molar-refractivity contribution is 0.466. The van der Waals surface area contributed by atoms with Gasteiger partial charge < -0.3 is 0 Å². The monoisotopic (exact) mass is 305 g/mol. The third-order valence-electron chi connectivity index (χ3n) is 3.76. The van der Waals surface area contributed by atoms with Gasteiger partial charge in [-0.25, -0.2) is 8.42 Å². The molecule has 0 spiro atoms. The Morgan fingerprint density at radius 3 is 2.29 bits per heavy atom. The molecule has 1 aliphatic rings. The number of hydrogen-bond donors (Lipinski definition) is 0. The van der Waals surface area contributed by atoms with E-state index in [1.54, 1.807) is 16.4 Å². The van der Waals surface area contributed by atoms with Crippen LogP contribution in [0.1, 0.15) is 32.3 Å². The molecule has 0 bridgehead atoms. The van der Waals surface area contributed by atoms with Crippen LogP contribution in [-0.2, 0) is 10.0 Å². The summed E-state index contributed by atoms with van der Waals surface area (Å²) in [7, 11) is -3.44. The molecule has 1 aromatic rings. The minimum atomic E-state index is -3.44. The molecule has 0 amide bonds. The largest absolute Gasteiger partial charge is 0.243 e. The van der Waals surface area contributed by atoms with E-state index in [1.807, 2.05) is 32.1 Å². The molecule has 0 atom stereocenters. The highest BCUT2D eigenvalue weighted by Crippen LogP contribution is 2.20. The topological polar surface area (TPSA) is 37.4 Å². The number of sulfonamides is 1. The fraction of sp³-hybridized carbons (Fsp3) is 0.412. The summed E-state index contributed by atoms with van der Waals surface area (Å²) in [6.07, 6.45) is 6.14. The fourth-order valence-electron chi connectivity index (χ4n) is 2.36. The lowest BCUT2D eigenvalue weighted by Crippen LogP contribution is -2.32. The molecular formula is C17H23NO2S. The van der Waals surface area contributed by atoms with Crippen LogP contribution in [0.15, 0.2) is 52.5 Å². The van der Waals surface area contributed by atoms with Crippen LogP contribution in [-0.4, -0.2) is 25.8 Å². The average Bonchev–Trinajstić information content (AvgIpc) is 2.51. The van der Waals surface area contributed by atoms with Crippen LogP contribution < -0.4 is 0 Å². The second kappa shape index (κ2) is 6.58. The third kappa shape index (κ3) is 4.05. The summed E-state index contributed by atoms with van der Waals surface area (Å²) >= 11 is 0. The Morgan fingerprint density at radius 2 is 1.62 bits per heavy atom. The highest BCUT2D eigenvalue weighted by atomic mass is 32.2. The first kappa shape index (κ1) is 16.0. The van der Waals surface area contributed by atoms with Crippen molar-refractivity contribution in [1.82, 2.24) is 4.31 Å². The van der Waals surface area contributed by atoms with Gasteiger partial charge in [-0.15, -0.1) is 0 Å². The van der Waals surface area contributed by atoms with Crippen molar-refractivity contribution in [2.45, 2.75) is 38.5 Å². The van der Waals surface area contributed by atoms with Crippen molar-refractivity contribution in [3.8, 4) is 0 Å². The molecule has 1 aromatic carbocycles. The Morgan fingerprint density at radius 1 is 0.952 bits per heavy atom. The highest BCUT2D eigenvalue weighted by Gasteiger charge is 2.24. The van der Waals surface area contributed by atoms with E-state index in [1.165, 1.54) is 5.57 Å². The van der Waals surface area contributed by atoms with Gasteiger partial charge >= 0.3 is 0 Å². The highest BCUT2D eigenvalue weighted by molar-refractivity contribution is 7.89. The molecule has 0 aromatic heterocycles. The van der Waals surface area contributed by atoms with Gasteiger partial charge in [0.1, 0.15) is 0 Å².